The quantitative estimate of drug-likeness (QED) is 0.683. The third-order valence-corrected chi connectivity index (χ3v) is 1.96. The lowest BCUT2D eigenvalue weighted by atomic mass is 10.2. The molecule has 13 heavy (non-hydrogen) atoms. The molecular formula is C10H21NO2. The van der Waals surface area contributed by atoms with E-state index < -0.39 is 0 Å². The predicted octanol–water partition coefficient (Wildman–Crippen LogP) is 1.41. The van der Waals surface area contributed by atoms with E-state index in [2.05, 4.69) is 6.92 Å². The number of aliphatic hydroxyl groups excluding tert-OH is 1. The maximum atomic E-state index is 11.5. The zero-order chi connectivity index (χ0) is 10.3. The molecule has 1 N–H and O–H groups in total. The number of hydrogen-bond acceptors (Lipinski definition) is 2. The van der Waals surface area contributed by atoms with Gasteiger partial charge in [0.25, 0.3) is 0 Å². The minimum absolute atomic E-state index is 0.101. The SMILES string of the molecule is CCCN(C(=O)CCCO)C(C)C. The van der Waals surface area contributed by atoms with E-state index in [1.54, 1.807) is 0 Å². The minimum atomic E-state index is 0.101. The van der Waals surface area contributed by atoms with E-state index >= 15 is 0 Å². The van der Waals surface area contributed by atoms with E-state index in [1.165, 1.54) is 0 Å². The summed E-state index contributed by atoms with van der Waals surface area (Å²) in [5, 5.41) is 8.59. The maximum absolute atomic E-state index is 11.5. The topological polar surface area (TPSA) is 40.5 Å². The van der Waals surface area contributed by atoms with Crippen LogP contribution in [0.25, 0.3) is 0 Å². The van der Waals surface area contributed by atoms with Gasteiger partial charge in [-0.05, 0) is 26.7 Å². The Bertz CT molecular complexity index is 146. The lowest BCUT2D eigenvalue weighted by Gasteiger charge is -2.26. The summed E-state index contributed by atoms with van der Waals surface area (Å²) in [7, 11) is 0. The van der Waals surface area contributed by atoms with Crippen molar-refractivity contribution in [2.45, 2.75) is 46.1 Å². The molecule has 0 aromatic heterocycles. The number of carbonyl (C=O) groups excluding carboxylic acids is 1. The molecular weight excluding hydrogens is 166 g/mol. The molecule has 0 aromatic rings. The Morgan fingerprint density at radius 1 is 1.46 bits per heavy atom. The van der Waals surface area contributed by atoms with Gasteiger partial charge in [-0.25, -0.2) is 0 Å². The van der Waals surface area contributed by atoms with Gasteiger partial charge in [0.1, 0.15) is 0 Å². The van der Waals surface area contributed by atoms with E-state index in [1.807, 2.05) is 18.7 Å². The predicted molar refractivity (Wildman–Crippen MR) is 53.5 cm³/mol. The summed E-state index contributed by atoms with van der Waals surface area (Å²) in [6, 6.07) is 0.270. The third-order valence-electron chi connectivity index (χ3n) is 1.96. The van der Waals surface area contributed by atoms with E-state index in [0.717, 1.165) is 13.0 Å². The highest BCUT2D eigenvalue weighted by Crippen LogP contribution is 2.04. The third kappa shape index (κ3) is 4.88. The Kier molecular flexibility index (Phi) is 6.59. The van der Waals surface area contributed by atoms with Gasteiger partial charge in [-0.2, -0.15) is 0 Å². The summed E-state index contributed by atoms with van der Waals surface area (Å²) < 4.78 is 0. The van der Waals surface area contributed by atoms with Gasteiger partial charge in [0.05, 0.1) is 0 Å². The summed E-state index contributed by atoms with van der Waals surface area (Å²) in [6.45, 7) is 7.03. The Hall–Kier alpha value is -0.570. The number of nitrogens with zero attached hydrogens (tertiary/aromatic N) is 1. The second-order valence-corrected chi connectivity index (χ2v) is 3.51. The highest BCUT2D eigenvalue weighted by molar-refractivity contribution is 5.76. The van der Waals surface area contributed by atoms with E-state index in [4.69, 9.17) is 5.11 Å². The van der Waals surface area contributed by atoms with Gasteiger partial charge in [-0.3, -0.25) is 4.79 Å². The number of aliphatic hydroxyl groups is 1. The molecule has 0 aromatic carbocycles. The first-order valence-corrected chi connectivity index (χ1v) is 5.03. The Balaban J connectivity index is 3.96. The summed E-state index contributed by atoms with van der Waals surface area (Å²) >= 11 is 0. The van der Waals surface area contributed by atoms with Crippen molar-refractivity contribution in [1.29, 1.82) is 0 Å². The molecule has 0 spiro atoms. The van der Waals surface area contributed by atoms with Crippen LogP contribution in [0.15, 0.2) is 0 Å². The molecule has 0 aliphatic heterocycles. The number of hydrogen-bond donors (Lipinski definition) is 1. The van der Waals surface area contributed by atoms with Crippen molar-refractivity contribution in [2.75, 3.05) is 13.2 Å². The molecule has 0 atom stereocenters. The molecule has 78 valence electrons. The lowest BCUT2D eigenvalue weighted by molar-refractivity contribution is -0.133. The average Bonchev–Trinajstić information content (AvgIpc) is 2.09. The Labute approximate surface area is 80.7 Å². The van der Waals surface area contributed by atoms with Crippen LogP contribution in [0, 0.1) is 0 Å². The normalized spacial score (nSPS) is 10.5. The van der Waals surface area contributed by atoms with Crippen LogP contribution in [0.3, 0.4) is 0 Å². The van der Waals surface area contributed by atoms with Gasteiger partial charge in [0.2, 0.25) is 5.91 Å². The average molecular weight is 187 g/mol. The lowest BCUT2D eigenvalue weighted by Crippen LogP contribution is -2.37. The van der Waals surface area contributed by atoms with Crippen LogP contribution in [-0.2, 0) is 4.79 Å². The van der Waals surface area contributed by atoms with E-state index in [0.29, 0.717) is 12.8 Å². The fourth-order valence-electron chi connectivity index (χ4n) is 1.29. The van der Waals surface area contributed by atoms with Crippen LogP contribution in [0.5, 0.6) is 0 Å². The van der Waals surface area contributed by atoms with E-state index in [-0.39, 0.29) is 18.6 Å². The zero-order valence-electron chi connectivity index (χ0n) is 8.92. The summed E-state index contributed by atoms with van der Waals surface area (Å²) in [5.74, 6) is 0.158. The van der Waals surface area contributed by atoms with Crippen LogP contribution in [-0.4, -0.2) is 35.1 Å². The molecule has 0 rings (SSSR count). The molecule has 0 heterocycles. The van der Waals surface area contributed by atoms with Crippen LogP contribution in [0.1, 0.15) is 40.0 Å². The summed E-state index contributed by atoms with van der Waals surface area (Å²) in [5.41, 5.74) is 0. The van der Waals surface area contributed by atoms with Crippen molar-refractivity contribution in [1.82, 2.24) is 4.90 Å². The Morgan fingerprint density at radius 3 is 2.46 bits per heavy atom. The minimum Gasteiger partial charge on any atom is -0.396 e. The largest absolute Gasteiger partial charge is 0.396 e. The van der Waals surface area contributed by atoms with Gasteiger partial charge in [0.15, 0.2) is 0 Å². The van der Waals surface area contributed by atoms with Crippen molar-refractivity contribution in [3.05, 3.63) is 0 Å². The van der Waals surface area contributed by atoms with E-state index in [9.17, 15) is 4.79 Å². The molecule has 0 saturated carbocycles. The van der Waals surface area contributed by atoms with Crippen molar-refractivity contribution in [2.24, 2.45) is 0 Å². The summed E-state index contributed by atoms with van der Waals surface area (Å²) in [6.07, 6.45) is 2.03. The molecule has 0 radical (unpaired) electrons. The molecule has 3 heteroatoms. The fraction of sp³-hybridized carbons (Fsp3) is 0.900. The molecule has 0 aliphatic rings. The molecule has 3 nitrogen and oxygen atoms in total. The molecule has 0 bridgehead atoms. The fourth-order valence-corrected chi connectivity index (χ4v) is 1.29. The van der Waals surface area contributed by atoms with Gasteiger partial charge >= 0.3 is 0 Å². The Morgan fingerprint density at radius 2 is 2.08 bits per heavy atom. The van der Waals surface area contributed by atoms with Gasteiger partial charge < -0.3 is 10.0 Å². The molecule has 0 fully saturated rings. The molecule has 0 aliphatic carbocycles. The standard InChI is InChI=1S/C10H21NO2/c1-4-7-11(9(2)3)10(13)6-5-8-12/h9,12H,4-8H2,1-3H3. The van der Waals surface area contributed by atoms with Gasteiger partial charge in [-0.1, -0.05) is 6.92 Å². The second-order valence-electron chi connectivity index (χ2n) is 3.51. The first kappa shape index (κ1) is 12.4. The first-order chi connectivity index (χ1) is 6.13. The monoisotopic (exact) mass is 187 g/mol. The van der Waals surface area contributed by atoms with Crippen LogP contribution in [0.2, 0.25) is 0 Å². The maximum Gasteiger partial charge on any atom is 0.222 e. The van der Waals surface area contributed by atoms with Gasteiger partial charge in [0, 0.05) is 25.6 Å². The van der Waals surface area contributed by atoms with Crippen LogP contribution < -0.4 is 0 Å². The molecule has 0 unspecified atom stereocenters. The van der Waals surface area contributed by atoms with Crippen LogP contribution in [0.4, 0.5) is 0 Å². The zero-order valence-corrected chi connectivity index (χ0v) is 8.92. The smallest absolute Gasteiger partial charge is 0.222 e. The van der Waals surface area contributed by atoms with Crippen molar-refractivity contribution < 1.29 is 9.90 Å². The molecule has 1 amide bonds. The summed E-state index contributed by atoms with van der Waals surface area (Å²) in [4.78, 5) is 13.4. The van der Waals surface area contributed by atoms with Gasteiger partial charge in [-0.15, -0.1) is 0 Å². The van der Waals surface area contributed by atoms with Crippen molar-refractivity contribution in [3.63, 3.8) is 0 Å². The number of carbonyl (C=O) groups is 1. The van der Waals surface area contributed by atoms with Crippen molar-refractivity contribution >= 4 is 5.91 Å². The van der Waals surface area contributed by atoms with Crippen molar-refractivity contribution in [3.8, 4) is 0 Å². The second kappa shape index (κ2) is 6.89. The highest BCUT2D eigenvalue weighted by atomic mass is 16.3. The first-order valence-electron chi connectivity index (χ1n) is 5.03. The highest BCUT2D eigenvalue weighted by Gasteiger charge is 2.14. The molecule has 0 saturated heterocycles. The number of amides is 1. The number of rotatable bonds is 6. The van der Waals surface area contributed by atoms with Crippen LogP contribution >= 0.6 is 0 Å².